The second-order valence-electron chi connectivity index (χ2n) is 15.3. The second-order valence-corrected chi connectivity index (χ2v) is 16.5. The first kappa shape index (κ1) is 50.1. The van der Waals surface area contributed by atoms with Crippen molar-refractivity contribution in [2.75, 3.05) is 13.2 Å². The molecular weight excluding hydrogens is 663 g/mol. The zero-order chi connectivity index (χ0) is 37.7. The van der Waals surface area contributed by atoms with Gasteiger partial charge in [-0.2, -0.15) is 0 Å². The lowest BCUT2D eigenvalue weighted by Gasteiger charge is -2.18. The van der Waals surface area contributed by atoms with Crippen LogP contribution in [-0.2, 0) is 28.2 Å². The molecule has 8 nitrogen and oxygen atoms in total. The van der Waals surface area contributed by atoms with Crippen LogP contribution in [0.1, 0.15) is 233 Å². The van der Waals surface area contributed by atoms with Gasteiger partial charge in [0.15, 0.2) is 6.10 Å². The molecule has 0 bridgehead atoms. The number of unbranched alkanes of at least 4 members (excludes halogenated alkanes) is 27. The molecule has 0 rings (SSSR count). The lowest BCUT2D eigenvalue weighted by atomic mass is 9.99. The van der Waals surface area contributed by atoms with E-state index in [9.17, 15) is 14.2 Å². The topological polar surface area (TPSA) is 119 Å². The van der Waals surface area contributed by atoms with E-state index in [4.69, 9.17) is 19.3 Å². The molecule has 0 aromatic carbocycles. The monoisotopic (exact) mass is 747 g/mol. The van der Waals surface area contributed by atoms with Crippen molar-refractivity contribution in [2.24, 2.45) is 5.92 Å². The van der Waals surface area contributed by atoms with Crippen LogP contribution in [0.4, 0.5) is 0 Å². The Morgan fingerprint density at radius 1 is 0.510 bits per heavy atom. The van der Waals surface area contributed by atoms with Crippen molar-refractivity contribution < 1.29 is 37.9 Å². The standard InChI is InChI=1S/C42H83O8P/c1-4-6-7-8-9-10-11-12-13-18-21-24-27-30-33-36-42(44)50-40(38-49-51(45,46)47)37-48-41(43)35-32-29-26-23-20-17-15-14-16-19-22-25-28-31-34-39(3)5-2/h39-40H,4-38H2,1-3H3,(H2,45,46,47)/t39?,40-/m1/s1. The molecule has 304 valence electrons. The molecule has 0 spiro atoms. The SMILES string of the molecule is CCCCCCCCCCCCCCCCCC(=O)O[C@H](COC(=O)CCCCCCCCCCCCCCCCC(C)CC)COP(=O)(O)O. The highest BCUT2D eigenvalue weighted by atomic mass is 31.2. The number of rotatable bonds is 40. The molecule has 1 unspecified atom stereocenters. The maximum absolute atomic E-state index is 12.4. The van der Waals surface area contributed by atoms with Gasteiger partial charge in [-0.1, -0.05) is 207 Å². The summed E-state index contributed by atoms with van der Waals surface area (Å²) in [6.07, 6.45) is 38.2. The highest BCUT2D eigenvalue weighted by Crippen LogP contribution is 2.36. The molecule has 2 N–H and O–H groups in total. The van der Waals surface area contributed by atoms with Gasteiger partial charge in [0.25, 0.3) is 0 Å². The molecule has 0 aliphatic heterocycles. The molecule has 0 saturated heterocycles. The number of phosphoric acid groups is 1. The van der Waals surface area contributed by atoms with E-state index in [2.05, 4.69) is 25.3 Å². The van der Waals surface area contributed by atoms with Gasteiger partial charge < -0.3 is 19.3 Å². The van der Waals surface area contributed by atoms with Gasteiger partial charge in [0.2, 0.25) is 0 Å². The summed E-state index contributed by atoms with van der Waals surface area (Å²) in [6.45, 7) is 6.10. The summed E-state index contributed by atoms with van der Waals surface area (Å²) in [7, 11) is -4.75. The van der Waals surface area contributed by atoms with Crippen molar-refractivity contribution in [2.45, 2.75) is 239 Å². The van der Waals surface area contributed by atoms with Crippen LogP contribution in [0.25, 0.3) is 0 Å². The highest BCUT2D eigenvalue weighted by Gasteiger charge is 2.23. The van der Waals surface area contributed by atoms with Gasteiger partial charge >= 0.3 is 19.8 Å². The zero-order valence-electron chi connectivity index (χ0n) is 33.7. The molecule has 0 saturated carbocycles. The number of phosphoric ester groups is 1. The Labute approximate surface area is 315 Å². The van der Waals surface area contributed by atoms with Crippen molar-refractivity contribution >= 4 is 19.8 Å². The van der Waals surface area contributed by atoms with Crippen LogP contribution in [-0.4, -0.2) is 41.0 Å². The molecule has 0 heterocycles. The van der Waals surface area contributed by atoms with E-state index in [1.165, 1.54) is 161 Å². The Kier molecular flexibility index (Phi) is 36.7. The van der Waals surface area contributed by atoms with Crippen molar-refractivity contribution in [3.63, 3.8) is 0 Å². The van der Waals surface area contributed by atoms with Crippen molar-refractivity contribution in [1.29, 1.82) is 0 Å². The summed E-state index contributed by atoms with van der Waals surface area (Å²) in [6, 6.07) is 0. The first-order chi connectivity index (χ1) is 24.7. The quantitative estimate of drug-likeness (QED) is 0.0361. The van der Waals surface area contributed by atoms with Crippen molar-refractivity contribution in [1.82, 2.24) is 0 Å². The van der Waals surface area contributed by atoms with Gasteiger partial charge in [-0.05, 0) is 18.8 Å². The van der Waals surface area contributed by atoms with Gasteiger partial charge in [-0.3, -0.25) is 14.1 Å². The third-order valence-electron chi connectivity index (χ3n) is 10.2. The lowest BCUT2D eigenvalue weighted by molar-refractivity contribution is -0.161. The van der Waals surface area contributed by atoms with Crippen LogP contribution in [0, 0.1) is 5.92 Å². The van der Waals surface area contributed by atoms with E-state index >= 15 is 0 Å². The van der Waals surface area contributed by atoms with Crippen LogP contribution >= 0.6 is 7.82 Å². The fourth-order valence-electron chi connectivity index (χ4n) is 6.53. The summed E-state index contributed by atoms with van der Waals surface area (Å²) in [5, 5.41) is 0. The zero-order valence-corrected chi connectivity index (χ0v) is 34.6. The Hall–Kier alpha value is -0.950. The first-order valence-corrected chi connectivity index (χ1v) is 23.3. The minimum absolute atomic E-state index is 0.220. The van der Waals surface area contributed by atoms with Gasteiger partial charge in [0.05, 0.1) is 6.61 Å². The molecule has 0 aromatic rings. The van der Waals surface area contributed by atoms with E-state index in [0.717, 1.165) is 38.0 Å². The smallest absolute Gasteiger partial charge is 0.462 e. The molecular formula is C42H83O8P. The minimum Gasteiger partial charge on any atom is -0.462 e. The van der Waals surface area contributed by atoms with Crippen LogP contribution < -0.4 is 0 Å². The highest BCUT2D eigenvalue weighted by molar-refractivity contribution is 7.46. The number of carbonyl (C=O) groups is 2. The third-order valence-corrected chi connectivity index (χ3v) is 10.7. The van der Waals surface area contributed by atoms with Gasteiger partial charge in [0.1, 0.15) is 6.61 Å². The van der Waals surface area contributed by atoms with Crippen LogP contribution in [0.3, 0.4) is 0 Å². The molecule has 0 aliphatic carbocycles. The summed E-state index contributed by atoms with van der Waals surface area (Å²) in [5.74, 6) is 0.0165. The van der Waals surface area contributed by atoms with Gasteiger partial charge in [-0.25, -0.2) is 4.57 Å². The van der Waals surface area contributed by atoms with E-state index in [-0.39, 0.29) is 19.4 Å². The molecule has 0 aromatic heterocycles. The fourth-order valence-corrected chi connectivity index (χ4v) is 6.89. The largest absolute Gasteiger partial charge is 0.469 e. The molecule has 0 amide bonds. The number of ether oxygens (including phenoxy) is 2. The molecule has 51 heavy (non-hydrogen) atoms. The Balaban J connectivity index is 3.85. The van der Waals surface area contributed by atoms with E-state index < -0.39 is 32.5 Å². The van der Waals surface area contributed by atoms with Gasteiger partial charge in [0, 0.05) is 12.8 Å². The number of hydrogen-bond donors (Lipinski definition) is 2. The van der Waals surface area contributed by atoms with E-state index in [1.807, 2.05) is 0 Å². The van der Waals surface area contributed by atoms with Crippen molar-refractivity contribution in [3.8, 4) is 0 Å². The lowest BCUT2D eigenvalue weighted by Crippen LogP contribution is -2.29. The van der Waals surface area contributed by atoms with Crippen molar-refractivity contribution in [3.05, 3.63) is 0 Å². The summed E-state index contributed by atoms with van der Waals surface area (Å²) >= 11 is 0. The van der Waals surface area contributed by atoms with Crippen LogP contribution in [0.5, 0.6) is 0 Å². The minimum atomic E-state index is -4.75. The number of carbonyl (C=O) groups excluding carboxylic acids is 2. The Morgan fingerprint density at radius 2 is 0.863 bits per heavy atom. The normalized spacial score (nSPS) is 13.0. The average molecular weight is 747 g/mol. The molecule has 0 fully saturated rings. The molecule has 0 radical (unpaired) electrons. The number of hydrogen-bond acceptors (Lipinski definition) is 6. The summed E-state index contributed by atoms with van der Waals surface area (Å²) in [4.78, 5) is 42.9. The third kappa shape index (κ3) is 40.1. The Morgan fingerprint density at radius 3 is 1.24 bits per heavy atom. The fraction of sp³-hybridized carbons (Fsp3) is 0.952. The Bertz CT molecular complexity index is 817. The first-order valence-electron chi connectivity index (χ1n) is 21.7. The maximum atomic E-state index is 12.4. The molecule has 2 atom stereocenters. The predicted molar refractivity (Wildman–Crippen MR) is 212 cm³/mol. The number of esters is 2. The molecule has 0 aliphatic rings. The van der Waals surface area contributed by atoms with E-state index in [1.54, 1.807) is 0 Å². The predicted octanol–water partition coefficient (Wildman–Crippen LogP) is 13.1. The van der Waals surface area contributed by atoms with Gasteiger partial charge in [-0.15, -0.1) is 0 Å². The maximum Gasteiger partial charge on any atom is 0.469 e. The van der Waals surface area contributed by atoms with Crippen LogP contribution in [0.15, 0.2) is 0 Å². The average Bonchev–Trinajstić information content (AvgIpc) is 3.10. The second kappa shape index (κ2) is 37.4. The van der Waals surface area contributed by atoms with Crippen LogP contribution in [0.2, 0.25) is 0 Å². The molecule has 9 heteroatoms. The van der Waals surface area contributed by atoms with E-state index in [0.29, 0.717) is 6.42 Å². The summed E-state index contributed by atoms with van der Waals surface area (Å²) in [5.41, 5.74) is 0. The summed E-state index contributed by atoms with van der Waals surface area (Å²) < 4.78 is 26.4.